The summed E-state index contributed by atoms with van der Waals surface area (Å²) in [6, 6.07) is 0. The standard InChI is InChI=1S/C60H98O27/c1-23-32(64)36(68)40(72)49(78-23)85-45-38(70)33(65)24(2)79-51(45)86-46-39(71)35(67)26(21-62)81-52(46)83-43-42(74)44(48(75)76)84-53(47(43)87-50-41(73)37(69)34(66)25(20-61)80-50)82-31-12-13-56(7)27(55(31,5)6)10-14-57(8)28(56)11-15-60-29-18-54(3,4)16-17-59(29,22-77-60)30(63)19-58(57,60)9/h23-47,49-53,61-74H,10-22H2,1-9H3,(H,75,76). The van der Waals surface area contributed by atoms with E-state index in [0.29, 0.717) is 25.9 Å². The number of hydrogen-bond acceptors (Lipinski definition) is 26. The summed E-state index contributed by atoms with van der Waals surface area (Å²) in [4.78, 5) is 13.4. The van der Waals surface area contributed by atoms with E-state index in [1.54, 1.807) is 0 Å². The highest BCUT2D eigenvalue weighted by molar-refractivity contribution is 5.73. The number of fused-ring (bicyclic) bond motifs is 4. The van der Waals surface area contributed by atoms with E-state index in [-0.39, 0.29) is 44.8 Å². The van der Waals surface area contributed by atoms with E-state index in [0.717, 1.165) is 44.9 Å². The van der Waals surface area contributed by atoms with Gasteiger partial charge in [-0.3, -0.25) is 0 Å². The maximum absolute atomic E-state index is 13.4. The molecule has 35 atom stereocenters. The molecule has 5 aliphatic carbocycles. The first kappa shape index (κ1) is 66.9. The lowest BCUT2D eigenvalue weighted by atomic mass is 9.30. The summed E-state index contributed by atoms with van der Waals surface area (Å²) in [6.45, 7) is 17.4. The van der Waals surface area contributed by atoms with Gasteiger partial charge in [-0.25, -0.2) is 4.79 Å². The molecule has 1 spiro atoms. The van der Waals surface area contributed by atoms with Gasteiger partial charge in [0.25, 0.3) is 0 Å². The Labute approximate surface area is 506 Å². The highest BCUT2D eigenvalue weighted by atomic mass is 16.8. The van der Waals surface area contributed by atoms with Gasteiger partial charge in [-0.05, 0) is 117 Å². The van der Waals surface area contributed by atoms with Crippen molar-refractivity contribution >= 4 is 5.97 Å². The van der Waals surface area contributed by atoms with Gasteiger partial charge in [0.05, 0.1) is 49.8 Å². The third-order valence-corrected chi connectivity index (χ3v) is 24.6. The molecule has 27 heteroatoms. The minimum Gasteiger partial charge on any atom is -0.479 e. The number of carboxylic acid groups (broad SMARTS) is 1. The quantitative estimate of drug-likeness (QED) is 0.0857. The van der Waals surface area contributed by atoms with Gasteiger partial charge in [-0.1, -0.05) is 48.5 Å². The first-order valence-corrected chi connectivity index (χ1v) is 31.5. The van der Waals surface area contributed by atoms with Crippen LogP contribution in [0.15, 0.2) is 0 Å². The number of ether oxygens (including phenoxy) is 11. The van der Waals surface area contributed by atoms with Crippen molar-refractivity contribution in [3.05, 3.63) is 0 Å². The number of rotatable bonds is 13. The molecule has 0 aromatic heterocycles. The molecule has 0 amide bonds. The topological polar surface area (TPSA) is 422 Å². The average molecular weight is 1250 g/mol. The lowest BCUT2D eigenvalue weighted by Crippen LogP contribution is -2.74. The summed E-state index contributed by atoms with van der Waals surface area (Å²) < 4.78 is 69.1. The molecule has 0 aromatic carbocycles. The Hall–Kier alpha value is -1.53. The summed E-state index contributed by atoms with van der Waals surface area (Å²) in [5, 5.41) is 167. The predicted molar refractivity (Wildman–Crippen MR) is 293 cm³/mol. The normalized spacial score (nSPS) is 57.2. The predicted octanol–water partition coefficient (Wildman–Crippen LogP) is -2.38. The second kappa shape index (κ2) is 23.7. The minimum atomic E-state index is -2.30. The van der Waals surface area contributed by atoms with Gasteiger partial charge in [-0.2, -0.15) is 0 Å². The summed E-state index contributed by atoms with van der Waals surface area (Å²) in [5.74, 6) is -1.33. The zero-order valence-corrected chi connectivity index (χ0v) is 51.1. The van der Waals surface area contributed by atoms with Gasteiger partial charge in [-0.15, -0.1) is 0 Å². The molecule has 0 radical (unpaired) electrons. The first-order valence-electron chi connectivity index (χ1n) is 31.5. The van der Waals surface area contributed by atoms with Crippen molar-refractivity contribution in [2.45, 2.75) is 298 Å². The summed E-state index contributed by atoms with van der Waals surface area (Å²) in [5.41, 5.74) is -2.18. The summed E-state index contributed by atoms with van der Waals surface area (Å²) >= 11 is 0. The molecule has 87 heavy (non-hydrogen) atoms. The van der Waals surface area contributed by atoms with E-state index in [1.807, 2.05) is 0 Å². The Morgan fingerprint density at radius 3 is 1.61 bits per heavy atom. The van der Waals surface area contributed by atoms with Gasteiger partial charge in [0.2, 0.25) is 0 Å². The van der Waals surface area contributed by atoms with Gasteiger partial charge >= 0.3 is 5.97 Å². The Balaban J connectivity index is 0.911. The van der Waals surface area contributed by atoms with Crippen LogP contribution < -0.4 is 0 Å². The third-order valence-electron chi connectivity index (χ3n) is 24.6. The van der Waals surface area contributed by atoms with Crippen molar-refractivity contribution in [3.63, 3.8) is 0 Å². The van der Waals surface area contributed by atoms with E-state index in [2.05, 4.69) is 48.5 Å². The van der Waals surface area contributed by atoms with Gasteiger partial charge in [0.15, 0.2) is 37.6 Å². The number of carbonyl (C=O) groups is 1. The van der Waals surface area contributed by atoms with Crippen molar-refractivity contribution in [1.29, 1.82) is 0 Å². The van der Waals surface area contributed by atoms with Crippen molar-refractivity contribution in [2.24, 2.45) is 50.2 Å². The van der Waals surface area contributed by atoms with E-state index < -0.39 is 196 Å². The molecule has 15 N–H and O–H groups in total. The molecular formula is C60H98O27. The minimum absolute atomic E-state index is 0.0199. The number of hydrogen-bond donors (Lipinski definition) is 15. The van der Waals surface area contributed by atoms with Gasteiger partial charge in [0, 0.05) is 10.8 Å². The number of aliphatic carboxylic acids is 1. The molecule has 6 heterocycles. The number of carboxylic acids is 1. The van der Waals surface area contributed by atoms with E-state index in [4.69, 9.17) is 52.1 Å². The van der Waals surface area contributed by atoms with Crippen molar-refractivity contribution in [2.75, 3.05) is 19.8 Å². The molecule has 5 saturated carbocycles. The van der Waals surface area contributed by atoms with E-state index in [9.17, 15) is 81.4 Å². The van der Waals surface area contributed by atoms with Crippen LogP contribution in [0.2, 0.25) is 0 Å². The monoisotopic (exact) mass is 1250 g/mol. The Bertz CT molecular complexity index is 2440. The van der Waals surface area contributed by atoms with Crippen LogP contribution in [0.4, 0.5) is 0 Å². The van der Waals surface area contributed by atoms with Crippen molar-refractivity contribution in [3.8, 4) is 0 Å². The number of aliphatic hydroxyl groups excluding tert-OH is 14. The van der Waals surface area contributed by atoms with Crippen molar-refractivity contribution < 1.29 is 133 Å². The van der Waals surface area contributed by atoms with E-state index in [1.165, 1.54) is 13.8 Å². The average Bonchev–Trinajstić information content (AvgIpc) is 1.62. The molecule has 35 unspecified atom stereocenters. The molecule has 6 saturated heterocycles. The zero-order valence-electron chi connectivity index (χ0n) is 51.1. The summed E-state index contributed by atoms with van der Waals surface area (Å²) in [7, 11) is 0. The van der Waals surface area contributed by atoms with Crippen molar-refractivity contribution in [1.82, 2.24) is 0 Å². The second-order valence-corrected chi connectivity index (χ2v) is 29.9. The van der Waals surface area contributed by atoms with Crippen LogP contribution >= 0.6 is 0 Å². The maximum atomic E-state index is 13.4. The lowest BCUT2D eigenvalue weighted by molar-refractivity contribution is -0.412. The lowest BCUT2D eigenvalue weighted by Gasteiger charge is -2.75. The molecule has 11 aliphatic rings. The fraction of sp³-hybridized carbons (Fsp3) is 0.983. The van der Waals surface area contributed by atoms with Crippen LogP contribution in [0.5, 0.6) is 0 Å². The van der Waals surface area contributed by atoms with Crippen LogP contribution in [0.3, 0.4) is 0 Å². The van der Waals surface area contributed by atoms with Gasteiger partial charge in [0.1, 0.15) is 104 Å². The second-order valence-electron chi connectivity index (χ2n) is 29.9. The maximum Gasteiger partial charge on any atom is 0.335 e. The Morgan fingerprint density at radius 1 is 0.471 bits per heavy atom. The molecule has 11 fully saturated rings. The van der Waals surface area contributed by atoms with Crippen LogP contribution in [0.1, 0.15) is 127 Å². The molecule has 2 bridgehead atoms. The largest absolute Gasteiger partial charge is 0.479 e. The fourth-order valence-electron chi connectivity index (χ4n) is 19.3. The first-order chi connectivity index (χ1) is 40.7. The van der Waals surface area contributed by atoms with Crippen LogP contribution in [-0.4, -0.2) is 274 Å². The van der Waals surface area contributed by atoms with Crippen LogP contribution in [0.25, 0.3) is 0 Å². The SMILES string of the molecule is CC1OC(OC2C(OC3C(OC4C(O)C(C(=O)O)OC(OC5CCC6(C)C(CCC7(C)C6CCC68OCC9(CCC(C)(C)CC96)C(O)CC78C)C5(C)C)C4OC4OC(CO)C(O)C(O)C4O)OC(CO)C(O)C3O)OC(C)C(O)C2O)C(O)C(O)C1O. The Morgan fingerprint density at radius 2 is 0.977 bits per heavy atom. The smallest absolute Gasteiger partial charge is 0.335 e. The van der Waals surface area contributed by atoms with Crippen LogP contribution in [-0.2, 0) is 56.9 Å². The number of aliphatic hydroxyl groups is 14. The molecule has 11 rings (SSSR count). The zero-order chi connectivity index (χ0) is 63.4. The summed E-state index contributed by atoms with van der Waals surface area (Å²) in [6.07, 6.45) is -40.2. The molecule has 6 aliphatic heterocycles. The molecular weight excluding hydrogens is 1150 g/mol. The molecule has 27 nitrogen and oxygen atoms in total. The van der Waals surface area contributed by atoms with E-state index >= 15 is 0 Å². The third kappa shape index (κ3) is 10.5. The highest BCUT2D eigenvalue weighted by Gasteiger charge is 2.80. The molecule has 500 valence electrons. The van der Waals surface area contributed by atoms with Crippen LogP contribution in [0, 0.1) is 50.2 Å². The highest BCUT2D eigenvalue weighted by Crippen LogP contribution is 2.80. The van der Waals surface area contributed by atoms with Gasteiger partial charge < -0.3 is 129 Å². The molecule has 0 aromatic rings. The fourth-order valence-corrected chi connectivity index (χ4v) is 19.3. The Kier molecular flexibility index (Phi) is 18.3.